The van der Waals surface area contributed by atoms with E-state index in [2.05, 4.69) is 16.0 Å². The van der Waals surface area contributed by atoms with Crippen molar-refractivity contribution in [3.63, 3.8) is 0 Å². The monoisotopic (exact) mass is 636 g/mol. The van der Waals surface area contributed by atoms with Crippen LogP contribution in [0.4, 0.5) is 0 Å². The molecule has 1 saturated heterocycles. The molecule has 3 heterocycles. The lowest BCUT2D eigenvalue weighted by molar-refractivity contribution is -0.198. The van der Waals surface area contributed by atoms with Crippen molar-refractivity contribution >= 4 is 60.7 Å². The molecule has 5 rings (SSSR count). The number of hydroxylamine groups is 2. The number of aliphatic hydroxyl groups excluding tert-OH is 1. The lowest BCUT2D eigenvalue weighted by atomic mass is 9.78. The SMILES string of the molecule is C[C@H](NC(=O)c1ccc2c(c1)B(O)OC2)[C@H](NC(=O)c1ccc2c(c1)B(O)OC2)C(=O)N[C@H](CO)CC(=O)ON1C(=O)CCC1=O. The first kappa shape index (κ1) is 32.8. The van der Waals surface area contributed by atoms with Crippen LogP contribution >= 0.6 is 0 Å². The number of nitrogens with one attached hydrogen (secondary N) is 3. The number of fused-ring (bicyclic) bond motifs is 2. The minimum Gasteiger partial charge on any atom is -0.423 e. The highest BCUT2D eigenvalue weighted by atomic mass is 16.7. The van der Waals surface area contributed by atoms with Crippen molar-refractivity contribution in [3.05, 3.63) is 58.7 Å². The normalized spacial score (nSPS) is 17.3. The van der Waals surface area contributed by atoms with Crippen molar-refractivity contribution in [3.8, 4) is 0 Å². The Morgan fingerprint density at radius 3 is 1.91 bits per heavy atom. The molecule has 3 aliphatic rings. The smallest absolute Gasteiger partial charge is 0.423 e. The van der Waals surface area contributed by atoms with Crippen LogP contribution in [-0.2, 0) is 46.5 Å². The van der Waals surface area contributed by atoms with Crippen LogP contribution in [0.15, 0.2) is 36.4 Å². The lowest BCUT2D eigenvalue weighted by Crippen LogP contribution is -2.59. The number of carbonyl (C=O) groups is 6. The van der Waals surface area contributed by atoms with Gasteiger partial charge in [-0.2, -0.15) is 0 Å². The summed E-state index contributed by atoms with van der Waals surface area (Å²) in [6, 6.07) is 5.24. The Kier molecular flexibility index (Phi) is 9.83. The molecule has 1 fully saturated rings. The highest BCUT2D eigenvalue weighted by Crippen LogP contribution is 2.15. The topological polar surface area (TPSA) is 230 Å². The minimum absolute atomic E-state index is 0.0782. The van der Waals surface area contributed by atoms with Crippen molar-refractivity contribution in [2.75, 3.05) is 6.61 Å². The fourth-order valence-electron chi connectivity index (χ4n) is 5.18. The molecule has 0 radical (unpaired) electrons. The van der Waals surface area contributed by atoms with Crippen molar-refractivity contribution in [1.29, 1.82) is 0 Å². The third-order valence-corrected chi connectivity index (χ3v) is 7.75. The van der Waals surface area contributed by atoms with Crippen LogP contribution in [0.25, 0.3) is 0 Å². The summed E-state index contributed by atoms with van der Waals surface area (Å²) in [5.74, 6) is -4.76. The Morgan fingerprint density at radius 2 is 1.39 bits per heavy atom. The molecular weight excluding hydrogens is 606 g/mol. The number of benzene rings is 2. The molecule has 2 aromatic rings. The molecule has 46 heavy (non-hydrogen) atoms. The fourth-order valence-corrected chi connectivity index (χ4v) is 5.18. The summed E-state index contributed by atoms with van der Waals surface area (Å²) in [6.07, 6.45) is -0.872. The zero-order valence-electron chi connectivity index (χ0n) is 24.6. The molecule has 3 aliphatic heterocycles. The largest absolute Gasteiger partial charge is 0.491 e. The summed E-state index contributed by atoms with van der Waals surface area (Å²) in [7, 11) is -2.43. The number of aliphatic hydroxyl groups is 1. The molecule has 0 spiro atoms. The highest BCUT2D eigenvalue weighted by molar-refractivity contribution is 6.62. The van der Waals surface area contributed by atoms with E-state index in [1.54, 1.807) is 12.1 Å². The predicted molar refractivity (Wildman–Crippen MR) is 157 cm³/mol. The molecule has 0 aromatic heterocycles. The second-order valence-electron chi connectivity index (χ2n) is 11.0. The van der Waals surface area contributed by atoms with E-state index < -0.39 is 80.9 Å². The Hall–Kier alpha value is -4.61. The summed E-state index contributed by atoms with van der Waals surface area (Å²) in [5, 5.41) is 37.9. The summed E-state index contributed by atoms with van der Waals surface area (Å²) in [4.78, 5) is 80.8. The van der Waals surface area contributed by atoms with Crippen LogP contribution in [0.2, 0.25) is 0 Å². The van der Waals surface area contributed by atoms with Gasteiger partial charge in [-0.25, -0.2) is 4.79 Å². The summed E-state index contributed by atoms with van der Waals surface area (Å²) in [5.41, 5.74) is 2.41. The average Bonchev–Trinajstić information content (AvgIpc) is 3.70. The first-order chi connectivity index (χ1) is 21.9. The third kappa shape index (κ3) is 7.11. The van der Waals surface area contributed by atoms with Crippen LogP contribution in [0.5, 0.6) is 0 Å². The number of carbonyl (C=O) groups excluding carboxylic acids is 6. The number of rotatable bonds is 11. The molecule has 0 aliphatic carbocycles. The van der Waals surface area contributed by atoms with Gasteiger partial charge in [0, 0.05) is 24.0 Å². The predicted octanol–water partition coefficient (Wildman–Crippen LogP) is -3.49. The van der Waals surface area contributed by atoms with Crippen molar-refractivity contribution < 1.29 is 58.1 Å². The molecule has 0 bridgehead atoms. The van der Waals surface area contributed by atoms with Gasteiger partial charge in [0.2, 0.25) is 5.91 Å². The standard InChI is InChI=1S/C28H30B2N4O12/c1-14(31-26(39)15-2-4-17-12-44-29(42)20(17)8-15)25(33-27(40)16-3-5-18-13-45-30(43)21(18)9-16)28(41)32-19(11-35)10-24(38)46-34-22(36)6-7-23(34)37/h2-5,8-9,14,19,25,35,42-43H,6-7,10-13H2,1H3,(H,31,39)(H,32,41)(H,33,40)/t14-,19-,25-/m0/s1. The maximum Gasteiger partial charge on any atom is 0.491 e. The first-order valence-corrected chi connectivity index (χ1v) is 14.4. The van der Waals surface area contributed by atoms with E-state index in [9.17, 15) is 43.9 Å². The lowest BCUT2D eigenvalue weighted by Gasteiger charge is -2.27. The molecule has 0 unspecified atom stereocenters. The number of nitrogens with zero attached hydrogens (tertiary/aromatic N) is 1. The Bertz CT molecular complexity index is 1570. The van der Waals surface area contributed by atoms with E-state index in [1.807, 2.05) is 0 Å². The van der Waals surface area contributed by atoms with Gasteiger partial charge in [-0.3, -0.25) is 24.0 Å². The molecule has 18 heteroatoms. The van der Waals surface area contributed by atoms with E-state index in [1.165, 1.54) is 31.2 Å². The van der Waals surface area contributed by atoms with Gasteiger partial charge in [-0.05, 0) is 53.2 Å². The van der Waals surface area contributed by atoms with Gasteiger partial charge in [0.05, 0.1) is 38.3 Å². The molecule has 0 saturated carbocycles. The number of hydrogen-bond acceptors (Lipinski definition) is 12. The summed E-state index contributed by atoms with van der Waals surface area (Å²) < 4.78 is 10.3. The number of imide groups is 1. The first-order valence-electron chi connectivity index (χ1n) is 14.4. The Morgan fingerprint density at radius 1 is 0.870 bits per heavy atom. The maximum absolute atomic E-state index is 13.5. The Labute approximate surface area is 262 Å². The number of hydrogen-bond donors (Lipinski definition) is 6. The van der Waals surface area contributed by atoms with Gasteiger partial charge in [0.25, 0.3) is 23.6 Å². The van der Waals surface area contributed by atoms with Crippen molar-refractivity contribution in [1.82, 2.24) is 21.0 Å². The molecule has 2 aromatic carbocycles. The van der Waals surface area contributed by atoms with Crippen molar-refractivity contribution in [2.45, 2.75) is 57.5 Å². The molecular formula is C28H30B2N4O12. The Balaban J connectivity index is 1.31. The third-order valence-electron chi connectivity index (χ3n) is 7.75. The van der Waals surface area contributed by atoms with Crippen LogP contribution in [0.3, 0.4) is 0 Å². The van der Waals surface area contributed by atoms with Gasteiger partial charge in [-0.1, -0.05) is 12.1 Å². The van der Waals surface area contributed by atoms with E-state index >= 15 is 0 Å². The van der Waals surface area contributed by atoms with Crippen molar-refractivity contribution in [2.24, 2.45) is 0 Å². The zero-order valence-corrected chi connectivity index (χ0v) is 24.6. The van der Waals surface area contributed by atoms with E-state index in [-0.39, 0.29) is 37.2 Å². The van der Waals surface area contributed by atoms with Gasteiger partial charge >= 0.3 is 20.2 Å². The summed E-state index contributed by atoms with van der Waals surface area (Å²) >= 11 is 0. The zero-order chi connectivity index (χ0) is 33.1. The van der Waals surface area contributed by atoms with Gasteiger partial charge in [0.15, 0.2) is 0 Å². The molecule has 6 N–H and O–H groups in total. The fraction of sp³-hybridized carbons (Fsp3) is 0.357. The number of amides is 5. The second-order valence-corrected chi connectivity index (χ2v) is 11.0. The maximum atomic E-state index is 13.5. The van der Waals surface area contributed by atoms with Gasteiger partial charge < -0.3 is 45.3 Å². The molecule has 16 nitrogen and oxygen atoms in total. The van der Waals surface area contributed by atoms with E-state index in [0.717, 1.165) is 0 Å². The van der Waals surface area contributed by atoms with Gasteiger partial charge in [-0.15, -0.1) is 5.06 Å². The van der Waals surface area contributed by atoms with E-state index in [0.29, 0.717) is 27.1 Å². The molecule has 3 atom stereocenters. The van der Waals surface area contributed by atoms with E-state index in [4.69, 9.17) is 14.1 Å². The quantitative estimate of drug-likeness (QED) is 0.104. The van der Waals surface area contributed by atoms with Crippen LogP contribution in [-0.4, -0.2) is 94.7 Å². The van der Waals surface area contributed by atoms with Crippen LogP contribution < -0.4 is 26.9 Å². The molecule has 240 valence electrons. The average molecular weight is 636 g/mol. The van der Waals surface area contributed by atoms with Crippen LogP contribution in [0.1, 0.15) is 58.0 Å². The summed E-state index contributed by atoms with van der Waals surface area (Å²) in [6.45, 7) is 1.02. The second kappa shape index (κ2) is 13.8. The minimum atomic E-state index is -1.47. The van der Waals surface area contributed by atoms with Crippen LogP contribution in [0, 0.1) is 0 Å². The highest BCUT2D eigenvalue weighted by Gasteiger charge is 2.36. The molecule has 5 amide bonds. The van der Waals surface area contributed by atoms with Gasteiger partial charge in [0.1, 0.15) is 6.04 Å².